The van der Waals surface area contributed by atoms with Gasteiger partial charge in [-0.1, -0.05) is 0 Å². The normalized spacial score (nSPS) is 16.4. The Morgan fingerprint density at radius 1 is 1.29 bits per heavy atom. The Labute approximate surface area is 162 Å². The summed E-state index contributed by atoms with van der Waals surface area (Å²) in [6.07, 6.45) is 3.00. The van der Waals surface area contributed by atoms with Crippen molar-refractivity contribution in [2.75, 3.05) is 35.2 Å². The maximum absolute atomic E-state index is 12.6. The molecular formula is C20H19N5O3. The summed E-state index contributed by atoms with van der Waals surface area (Å²) >= 11 is 0. The summed E-state index contributed by atoms with van der Waals surface area (Å²) in [6.45, 7) is 1.46. The lowest BCUT2D eigenvalue weighted by Gasteiger charge is -2.32. The van der Waals surface area contributed by atoms with Crippen molar-refractivity contribution in [1.29, 1.82) is 5.26 Å². The summed E-state index contributed by atoms with van der Waals surface area (Å²) in [6, 6.07) is 10.9. The predicted molar refractivity (Wildman–Crippen MR) is 103 cm³/mol. The smallest absolute Gasteiger partial charge is 0.262 e. The van der Waals surface area contributed by atoms with E-state index in [0.29, 0.717) is 22.7 Å². The number of aromatic nitrogens is 1. The van der Waals surface area contributed by atoms with Gasteiger partial charge in [0.05, 0.1) is 11.3 Å². The van der Waals surface area contributed by atoms with E-state index >= 15 is 0 Å². The second kappa shape index (κ2) is 7.56. The number of fused-ring (bicyclic) bond motifs is 1. The highest BCUT2D eigenvalue weighted by Crippen LogP contribution is 2.31. The van der Waals surface area contributed by atoms with Gasteiger partial charge in [0.1, 0.15) is 17.6 Å². The van der Waals surface area contributed by atoms with Crippen LogP contribution in [0.25, 0.3) is 0 Å². The molecule has 0 aliphatic carbocycles. The van der Waals surface area contributed by atoms with E-state index in [9.17, 15) is 9.59 Å². The number of hydrogen-bond acceptors (Lipinski definition) is 6. The molecule has 0 saturated carbocycles. The van der Waals surface area contributed by atoms with Gasteiger partial charge in [0.15, 0.2) is 6.61 Å². The molecule has 1 aromatic carbocycles. The Hall–Kier alpha value is -3.60. The summed E-state index contributed by atoms with van der Waals surface area (Å²) < 4.78 is 5.33. The van der Waals surface area contributed by atoms with Gasteiger partial charge in [-0.3, -0.25) is 9.59 Å². The average Bonchev–Trinajstić information content (AvgIpc) is 2.73. The maximum atomic E-state index is 12.6. The first kappa shape index (κ1) is 17.8. The van der Waals surface area contributed by atoms with E-state index in [1.165, 1.54) is 0 Å². The minimum atomic E-state index is -0.209. The SMILES string of the molecule is N#Cc1ccc(N2CCC(C(=O)Nc3ccc4c(c3)NC(=O)CO4)CC2)nc1. The fourth-order valence-corrected chi connectivity index (χ4v) is 3.42. The molecule has 2 aromatic rings. The van der Waals surface area contributed by atoms with Crippen LogP contribution in [0.4, 0.5) is 17.2 Å². The van der Waals surface area contributed by atoms with Crippen LogP contribution < -0.4 is 20.3 Å². The van der Waals surface area contributed by atoms with Crippen molar-refractivity contribution in [3.63, 3.8) is 0 Å². The van der Waals surface area contributed by atoms with E-state index < -0.39 is 0 Å². The number of anilines is 3. The lowest BCUT2D eigenvalue weighted by atomic mass is 9.95. The number of carbonyl (C=O) groups is 2. The van der Waals surface area contributed by atoms with Crippen LogP contribution in [0.1, 0.15) is 18.4 Å². The molecule has 142 valence electrons. The van der Waals surface area contributed by atoms with Crippen LogP contribution in [0.5, 0.6) is 5.75 Å². The van der Waals surface area contributed by atoms with Crippen molar-refractivity contribution in [3.8, 4) is 11.8 Å². The van der Waals surface area contributed by atoms with Gasteiger partial charge in [0, 0.05) is 30.9 Å². The number of amides is 2. The summed E-state index contributed by atoms with van der Waals surface area (Å²) in [5.74, 6) is 1.09. The zero-order valence-electron chi connectivity index (χ0n) is 15.1. The van der Waals surface area contributed by atoms with Crippen LogP contribution in [0.2, 0.25) is 0 Å². The van der Waals surface area contributed by atoms with Crippen LogP contribution in [0.15, 0.2) is 36.5 Å². The molecule has 28 heavy (non-hydrogen) atoms. The molecular weight excluding hydrogens is 358 g/mol. The van der Waals surface area contributed by atoms with Crippen molar-refractivity contribution in [1.82, 2.24) is 4.98 Å². The van der Waals surface area contributed by atoms with Crippen LogP contribution in [-0.4, -0.2) is 36.5 Å². The Balaban J connectivity index is 1.34. The van der Waals surface area contributed by atoms with E-state index in [0.717, 1.165) is 31.7 Å². The summed E-state index contributed by atoms with van der Waals surface area (Å²) in [5, 5.41) is 14.5. The second-order valence-corrected chi connectivity index (χ2v) is 6.82. The van der Waals surface area contributed by atoms with Crippen molar-refractivity contribution in [3.05, 3.63) is 42.1 Å². The highest BCUT2D eigenvalue weighted by Gasteiger charge is 2.26. The fraction of sp³-hybridized carbons (Fsp3) is 0.300. The zero-order chi connectivity index (χ0) is 19.5. The Kier molecular flexibility index (Phi) is 4.81. The zero-order valence-corrected chi connectivity index (χ0v) is 15.1. The number of nitrogens with zero attached hydrogens (tertiary/aromatic N) is 3. The number of piperidine rings is 1. The lowest BCUT2D eigenvalue weighted by molar-refractivity contribution is -0.120. The van der Waals surface area contributed by atoms with Crippen molar-refractivity contribution >= 4 is 29.0 Å². The van der Waals surface area contributed by atoms with Crippen LogP contribution in [0.3, 0.4) is 0 Å². The molecule has 0 bridgehead atoms. The molecule has 2 aliphatic heterocycles. The highest BCUT2D eigenvalue weighted by atomic mass is 16.5. The van der Waals surface area contributed by atoms with Gasteiger partial charge in [-0.05, 0) is 43.2 Å². The topological polar surface area (TPSA) is 107 Å². The maximum Gasteiger partial charge on any atom is 0.262 e. The highest BCUT2D eigenvalue weighted by molar-refractivity contribution is 5.98. The first-order valence-electron chi connectivity index (χ1n) is 9.11. The van der Waals surface area contributed by atoms with Crippen molar-refractivity contribution in [2.45, 2.75) is 12.8 Å². The van der Waals surface area contributed by atoms with E-state index in [1.807, 2.05) is 6.07 Å². The third kappa shape index (κ3) is 3.74. The second-order valence-electron chi connectivity index (χ2n) is 6.82. The molecule has 0 atom stereocenters. The Morgan fingerprint density at radius 3 is 2.82 bits per heavy atom. The Morgan fingerprint density at radius 2 is 2.11 bits per heavy atom. The standard InChI is InChI=1S/C20H19N5O3/c21-10-13-1-4-18(22-11-13)25-7-5-14(6-8-25)20(27)23-15-2-3-17-16(9-15)24-19(26)12-28-17/h1-4,9,11,14H,5-8,12H2,(H,23,27)(H,24,26). The molecule has 8 heteroatoms. The molecule has 4 rings (SSSR count). The number of benzene rings is 1. The molecule has 2 N–H and O–H groups in total. The molecule has 2 amide bonds. The minimum Gasteiger partial charge on any atom is -0.482 e. The number of pyridine rings is 1. The number of ether oxygens (including phenoxy) is 1. The Bertz CT molecular complexity index is 943. The monoisotopic (exact) mass is 377 g/mol. The first-order chi connectivity index (χ1) is 13.6. The molecule has 3 heterocycles. The summed E-state index contributed by atoms with van der Waals surface area (Å²) in [4.78, 5) is 30.5. The number of carbonyl (C=O) groups excluding carboxylic acids is 2. The molecule has 0 spiro atoms. The summed E-state index contributed by atoms with van der Waals surface area (Å²) in [5.41, 5.74) is 1.73. The van der Waals surface area contributed by atoms with Crippen LogP contribution in [0, 0.1) is 17.2 Å². The van der Waals surface area contributed by atoms with E-state index in [-0.39, 0.29) is 24.3 Å². The van der Waals surface area contributed by atoms with Crippen LogP contribution in [-0.2, 0) is 9.59 Å². The average molecular weight is 377 g/mol. The van der Waals surface area contributed by atoms with Gasteiger partial charge >= 0.3 is 0 Å². The molecule has 1 aromatic heterocycles. The molecule has 0 radical (unpaired) electrons. The third-order valence-electron chi connectivity index (χ3n) is 4.95. The first-order valence-corrected chi connectivity index (χ1v) is 9.11. The molecule has 1 fully saturated rings. The van der Waals surface area contributed by atoms with Gasteiger partial charge in [0.2, 0.25) is 5.91 Å². The van der Waals surface area contributed by atoms with Gasteiger partial charge in [-0.2, -0.15) is 5.26 Å². The van der Waals surface area contributed by atoms with Gasteiger partial charge in [-0.15, -0.1) is 0 Å². The molecule has 2 aliphatic rings. The third-order valence-corrected chi connectivity index (χ3v) is 4.95. The fourth-order valence-electron chi connectivity index (χ4n) is 3.42. The van der Waals surface area contributed by atoms with Crippen molar-refractivity contribution in [2.24, 2.45) is 5.92 Å². The quantitative estimate of drug-likeness (QED) is 0.849. The number of hydrogen-bond donors (Lipinski definition) is 2. The number of nitriles is 1. The largest absolute Gasteiger partial charge is 0.482 e. The van der Waals surface area contributed by atoms with Gasteiger partial charge < -0.3 is 20.3 Å². The molecule has 0 unspecified atom stereocenters. The minimum absolute atomic E-state index is 0.00533. The van der Waals surface area contributed by atoms with Crippen molar-refractivity contribution < 1.29 is 14.3 Å². The predicted octanol–water partition coefficient (Wildman–Crippen LogP) is 2.14. The van der Waals surface area contributed by atoms with Gasteiger partial charge in [-0.25, -0.2) is 4.98 Å². The number of rotatable bonds is 3. The molecule has 1 saturated heterocycles. The van der Waals surface area contributed by atoms with E-state index in [1.54, 1.807) is 30.5 Å². The van der Waals surface area contributed by atoms with E-state index in [4.69, 9.17) is 10.00 Å². The van der Waals surface area contributed by atoms with Crippen LogP contribution >= 0.6 is 0 Å². The lowest BCUT2D eigenvalue weighted by Crippen LogP contribution is -2.38. The van der Waals surface area contributed by atoms with Gasteiger partial charge in [0.25, 0.3) is 5.91 Å². The summed E-state index contributed by atoms with van der Waals surface area (Å²) in [7, 11) is 0. The van der Waals surface area contributed by atoms with E-state index in [2.05, 4.69) is 26.6 Å². The number of nitrogens with one attached hydrogen (secondary N) is 2. The molecule has 8 nitrogen and oxygen atoms in total.